The summed E-state index contributed by atoms with van der Waals surface area (Å²) in [6, 6.07) is 13.1. The van der Waals surface area contributed by atoms with Crippen LogP contribution in [0.25, 0.3) is 22.4 Å². The first-order chi connectivity index (χ1) is 12.6. The molecule has 0 spiro atoms. The highest BCUT2D eigenvalue weighted by atomic mass is 32.1. The zero-order valence-electron chi connectivity index (χ0n) is 13.9. The Hall–Kier alpha value is -3.19. The Kier molecular flexibility index (Phi) is 4.14. The molecule has 0 bridgehead atoms. The Morgan fingerprint density at radius 3 is 2.85 bits per heavy atom. The lowest BCUT2D eigenvalue weighted by molar-refractivity contribution is -0.115. The van der Waals surface area contributed by atoms with Crippen LogP contribution in [0.3, 0.4) is 0 Å². The zero-order valence-corrected chi connectivity index (χ0v) is 14.7. The number of aryl methyl sites for hydroxylation is 1. The number of H-pyrrole nitrogens is 1. The number of thiazole rings is 1. The maximum Gasteiger partial charge on any atom is 0.417 e. The highest BCUT2D eigenvalue weighted by Gasteiger charge is 2.11. The van der Waals surface area contributed by atoms with Crippen molar-refractivity contribution in [3.05, 3.63) is 69.0 Å². The molecule has 2 heterocycles. The van der Waals surface area contributed by atoms with Crippen molar-refractivity contribution in [1.82, 2.24) is 9.97 Å². The molecule has 0 aliphatic carbocycles. The normalized spacial score (nSPS) is 11.0. The van der Waals surface area contributed by atoms with E-state index in [1.807, 2.05) is 42.6 Å². The molecule has 2 aromatic carbocycles. The SMILES string of the molecule is Cc1ccc(NC(=O)Cc2nc(-c3ccc4[nH]c(=O)oc4c3)cs2)cc1. The summed E-state index contributed by atoms with van der Waals surface area (Å²) in [5, 5.41) is 5.48. The molecule has 7 heteroatoms. The van der Waals surface area contributed by atoms with Gasteiger partial charge in [0.2, 0.25) is 5.91 Å². The molecule has 130 valence electrons. The molecular weight excluding hydrogens is 350 g/mol. The largest absolute Gasteiger partial charge is 0.417 e. The predicted octanol–water partition coefficient (Wildman–Crippen LogP) is 3.73. The van der Waals surface area contributed by atoms with Crippen LogP contribution in [0.4, 0.5) is 5.69 Å². The third kappa shape index (κ3) is 3.43. The lowest BCUT2D eigenvalue weighted by Crippen LogP contribution is -2.14. The van der Waals surface area contributed by atoms with Crippen LogP contribution in [-0.2, 0) is 11.2 Å². The van der Waals surface area contributed by atoms with Gasteiger partial charge in [-0.15, -0.1) is 11.3 Å². The van der Waals surface area contributed by atoms with Gasteiger partial charge in [-0.2, -0.15) is 0 Å². The van der Waals surface area contributed by atoms with Gasteiger partial charge < -0.3 is 9.73 Å². The molecule has 4 aromatic rings. The van der Waals surface area contributed by atoms with Crippen molar-refractivity contribution in [2.45, 2.75) is 13.3 Å². The molecule has 0 saturated heterocycles. The quantitative estimate of drug-likeness (QED) is 0.577. The minimum atomic E-state index is -0.483. The van der Waals surface area contributed by atoms with Crippen molar-refractivity contribution in [2.24, 2.45) is 0 Å². The molecule has 4 rings (SSSR count). The van der Waals surface area contributed by atoms with E-state index in [4.69, 9.17) is 4.42 Å². The molecular formula is C19H15N3O3S. The summed E-state index contributed by atoms with van der Waals surface area (Å²) in [6.45, 7) is 2.00. The third-order valence-corrected chi connectivity index (χ3v) is 4.76. The number of carbonyl (C=O) groups excluding carboxylic acids is 1. The van der Waals surface area contributed by atoms with Gasteiger partial charge in [-0.3, -0.25) is 9.78 Å². The second-order valence-electron chi connectivity index (χ2n) is 5.94. The van der Waals surface area contributed by atoms with Crippen LogP contribution in [0.15, 0.2) is 57.1 Å². The zero-order chi connectivity index (χ0) is 18.1. The summed E-state index contributed by atoms with van der Waals surface area (Å²) in [6.07, 6.45) is 0.208. The van der Waals surface area contributed by atoms with E-state index in [1.54, 1.807) is 12.1 Å². The fourth-order valence-corrected chi connectivity index (χ4v) is 3.41. The highest BCUT2D eigenvalue weighted by molar-refractivity contribution is 7.10. The third-order valence-electron chi connectivity index (χ3n) is 3.92. The second-order valence-corrected chi connectivity index (χ2v) is 6.89. The molecule has 0 radical (unpaired) electrons. The summed E-state index contributed by atoms with van der Waals surface area (Å²) in [5.41, 5.74) is 4.62. The molecule has 0 atom stereocenters. The average molecular weight is 365 g/mol. The summed E-state index contributed by atoms with van der Waals surface area (Å²) < 4.78 is 5.08. The summed E-state index contributed by atoms with van der Waals surface area (Å²) in [7, 11) is 0. The van der Waals surface area contributed by atoms with Crippen molar-refractivity contribution < 1.29 is 9.21 Å². The fourth-order valence-electron chi connectivity index (χ4n) is 2.61. The van der Waals surface area contributed by atoms with Crippen molar-refractivity contribution in [2.75, 3.05) is 5.32 Å². The number of nitrogens with one attached hydrogen (secondary N) is 2. The van der Waals surface area contributed by atoms with E-state index in [0.29, 0.717) is 11.1 Å². The predicted molar refractivity (Wildman–Crippen MR) is 101 cm³/mol. The molecule has 2 N–H and O–H groups in total. The first-order valence-electron chi connectivity index (χ1n) is 8.01. The van der Waals surface area contributed by atoms with E-state index in [2.05, 4.69) is 15.3 Å². The van der Waals surface area contributed by atoms with Crippen LogP contribution in [-0.4, -0.2) is 15.9 Å². The Balaban J connectivity index is 1.48. The number of nitrogens with zero attached hydrogens (tertiary/aromatic N) is 1. The van der Waals surface area contributed by atoms with Gasteiger partial charge in [0, 0.05) is 16.6 Å². The smallest absolute Gasteiger partial charge is 0.408 e. The molecule has 0 unspecified atom stereocenters. The summed E-state index contributed by atoms with van der Waals surface area (Å²) >= 11 is 1.42. The lowest BCUT2D eigenvalue weighted by atomic mass is 10.1. The molecule has 6 nitrogen and oxygen atoms in total. The number of hydrogen-bond acceptors (Lipinski definition) is 5. The number of carbonyl (C=O) groups is 1. The van der Waals surface area contributed by atoms with Gasteiger partial charge in [-0.05, 0) is 31.2 Å². The number of rotatable bonds is 4. The van der Waals surface area contributed by atoms with Crippen molar-refractivity contribution >= 4 is 34.0 Å². The molecule has 0 aliphatic heterocycles. The van der Waals surface area contributed by atoms with Crippen LogP contribution in [0.5, 0.6) is 0 Å². The standard InChI is InChI=1S/C19H15N3O3S/c1-11-2-5-13(6-3-11)20-17(23)9-18-21-15(10-26-18)12-4-7-14-16(8-12)25-19(24)22-14/h2-8,10H,9H2,1H3,(H,20,23)(H,22,24). The number of aromatic amines is 1. The maximum atomic E-state index is 12.2. The Morgan fingerprint density at radius 1 is 1.23 bits per heavy atom. The summed E-state index contributed by atoms with van der Waals surface area (Å²) in [5.74, 6) is -0.592. The minimum absolute atomic E-state index is 0.109. The minimum Gasteiger partial charge on any atom is -0.408 e. The first kappa shape index (κ1) is 16.3. The molecule has 0 saturated carbocycles. The monoisotopic (exact) mass is 365 g/mol. The number of fused-ring (bicyclic) bond motifs is 1. The number of anilines is 1. The van der Waals surface area contributed by atoms with Crippen molar-refractivity contribution in [3.8, 4) is 11.3 Å². The lowest BCUT2D eigenvalue weighted by Gasteiger charge is -2.04. The first-order valence-corrected chi connectivity index (χ1v) is 8.89. The van der Waals surface area contributed by atoms with Gasteiger partial charge >= 0.3 is 5.76 Å². The number of oxazole rings is 1. The Labute approximate surface area is 152 Å². The van der Waals surface area contributed by atoms with Gasteiger partial charge in [-0.1, -0.05) is 23.8 Å². The van der Waals surface area contributed by atoms with E-state index in [-0.39, 0.29) is 12.3 Å². The van der Waals surface area contributed by atoms with Crippen molar-refractivity contribution in [1.29, 1.82) is 0 Å². The fraction of sp³-hybridized carbons (Fsp3) is 0.105. The van der Waals surface area contributed by atoms with Crippen LogP contribution in [0.2, 0.25) is 0 Å². The van der Waals surface area contributed by atoms with Crippen molar-refractivity contribution in [3.63, 3.8) is 0 Å². The van der Waals surface area contributed by atoms with Crippen LogP contribution in [0, 0.1) is 6.92 Å². The number of hydrogen-bond donors (Lipinski definition) is 2. The number of benzene rings is 2. The highest BCUT2D eigenvalue weighted by Crippen LogP contribution is 2.25. The van der Waals surface area contributed by atoms with E-state index in [1.165, 1.54) is 11.3 Å². The molecule has 1 amide bonds. The maximum absolute atomic E-state index is 12.2. The molecule has 0 aliphatic rings. The van der Waals surface area contributed by atoms with Gasteiger partial charge in [0.05, 0.1) is 17.6 Å². The molecule has 2 aromatic heterocycles. The van der Waals surface area contributed by atoms with E-state index in [9.17, 15) is 9.59 Å². The second kappa shape index (κ2) is 6.61. The number of amides is 1. The van der Waals surface area contributed by atoms with Crippen LogP contribution >= 0.6 is 11.3 Å². The van der Waals surface area contributed by atoms with Gasteiger partial charge in [-0.25, -0.2) is 9.78 Å². The number of aromatic nitrogens is 2. The Morgan fingerprint density at radius 2 is 2.04 bits per heavy atom. The topological polar surface area (TPSA) is 88.0 Å². The van der Waals surface area contributed by atoms with E-state index < -0.39 is 5.76 Å². The van der Waals surface area contributed by atoms with E-state index >= 15 is 0 Å². The Bertz CT molecular complexity index is 1140. The van der Waals surface area contributed by atoms with Gasteiger partial charge in [0.1, 0.15) is 5.01 Å². The molecule has 0 fully saturated rings. The molecule has 26 heavy (non-hydrogen) atoms. The van der Waals surface area contributed by atoms with Crippen LogP contribution < -0.4 is 11.1 Å². The van der Waals surface area contributed by atoms with E-state index in [0.717, 1.165) is 27.5 Å². The average Bonchev–Trinajstić information content (AvgIpc) is 3.21. The van der Waals surface area contributed by atoms with Crippen LogP contribution in [0.1, 0.15) is 10.6 Å². The van der Waals surface area contributed by atoms with Gasteiger partial charge in [0.15, 0.2) is 5.58 Å². The van der Waals surface area contributed by atoms with Gasteiger partial charge in [0.25, 0.3) is 0 Å². The summed E-state index contributed by atoms with van der Waals surface area (Å²) in [4.78, 5) is 30.6.